The molecule has 0 bridgehead atoms. The average Bonchev–Trinajstić information content (AvgIpc) is 1.41. The van der Waals surface area contributed by atoms with Crippen molar-refractivity contribution in [2.24, 2.45) is 0 Å². The summed E-state index contributed by atoms with van der Waals surface area (Å²) in [5, 5.41) is 0. The third kappa shape index (κ3) is 4.35. The number of hydrogen-bond donors (Lipinski definition) is 1. The van der Waals surface area contributed by atoms with Crippen molar-refractivity contribution in [3.8, 4) is 0 Å². The molecule has 0 spiro atoms. The van der Waals surface area contributed by atoms with E-state index in [0.29, 0.717) is 6.61 Å². The molecule has 0 fully saturated rings. The van der Waals surface area contributed by atoms with E-state index < -0.39 is 9.03 Å². The third-order valence-corrected chi connectivity index (χ3v) is 0.886. The Labute approximate surface area is 33.1 Å². The van der Waals surface area contributed by atoms with Crippen molar-refractivity contribution >= 4 is 9.03 Å². The van der Waals surface area contributed by atoms with Crippen molar-refractivity contribution in [3.63, 3.8) is 0 Å². The predicted octanol–water partition coefficient (Wildman–Crippen LogP) is -0.0117. The molecule has 0 aliphatic rings. The van der Waals surface area contributed by atoms with Gasteiger partial charge in [-0.05, 0) is 0 Å². The van der Waals surface area contributed by atoms with Gasteiger partial charge in [0.25, 0.3) is 0 Å². The van der Waals surface area contributed by atoms with Crippen LogP contribution in [0, 0.1) is 0 Å². The zero-order valence-corrected chi connectivity index (χ0v) is 4.68. The number of rotatable bonds is 2. The molecule has 34 valence electrons. The minimum atomic E-state index is -1.09. The molecule has 0 aromatic heterocycles. The summed E-state index contributed by atoms with van der Waals surface area (Å²) in [5.74, 6) is 0. The van der Waals surface area contributed by atoms with Gasteiger partial charge >= 0.3 is 32.0 Å². The van der Waals surface area contributed by atoms with Crippen LogP contribution in [0.25, 0.3) is 0 Å². The first-order valence-electron chi connectivity index (χ1n) is 1.60. The fourth-order valence-corrected chi connectivity index (χ4v) is 0.274. The molecule has 0 heterocycles. The van der Waals surface area contributed by atoms with Crippen LogP contribution < -0.4 is 0 Å². The van der Waals surface area contributed by atoms with E-state index in [9.17, 15) is 0 Å². The first-order chi connectivity index (χ1) is 2.41. The quantitative estimate of drug-likeness (QED) is 0.490. The van der Waals surface area contributed by atoms with Gasteiger partial charge < -0.3 is 0 Å². The zero-order chi connectivity index (χ0) is 4.12. The van der Waals surface area contributed by atoms with Crippen molar-refractivity contribution in [2.45, 2.75) is 6.92 Å². The van der Waals surface area contributed by atoms with Gasteiger partial charge in [-0.15, -0.1) is 0 Å². The van der Waals surface area contributed by atoms with E-state index in [1.54, 1.807) is 0 Å². The molecule has 0 atom stereocenters. The van der Waals surface area contributed by atoms with Crippen molar-refractivity contribution in [2.75, 3.05) is 6.61 Å². The average molecular weight is 96.1 g/mol. The van der Waals surface area contributed by atoms with Crippen LogP contribution in [-0.2, 0) is 4.52 Å². The summed E-state index contributed by atoms with van der Waals surface area (Å²) in [6.07, 6.45) is 0. The van der Waals surface area contributed by atoms with Crippen LogP contribution in [0.1, 0.15) is 6.92 Å². The Morgan fingerprint density at radius 3 is 2.60 bits per heavy atom. The maximum atomic E-state index is 7.98. The molecule has 0 aromatic rings. The Balaban J connectivity index is 2.19. The van der Waals surface area contributed by atoms with Crippen molar-refractivity contribution in [1.29, 1.82) is 0 Å². The van der Waals surface area contributed by atoms with Crippen molar-refractivity contribution < 1.29 is 9.42 Å². The van der Waals surface area contributed by atoms with E-state index in [0.717, 1.165) is 0 Å². The fourth-order valence-electron chi connectivity index (χ4n) is 0.0913. The second kappa shape index (κ2) is 4.35. The first-order valence-corrected chi connectivity index (χ1v) is 2.81. The van der Waals surface area contributed by atoms with Gasteiger partial charge in [0.15, 0.2) is 0 Å². The summed E-state index contributed by atoms with van der Waals surface area (Å²) in [4.78, 5) is 7.98. The van der Waals surface area contributed by atoms with Gasteiger partial charge in [-0.2, -0.15) is 0 Å². The molecule has 2 nitrogen and oxygen atoms in total. The van der Waals surface area contributed by atoms with Crippen LogP contribution in [0.3, 0.4) is 0 Å². The third-order valence-electron chi connectivity index (χ3n) is 0.295. The van der Waals surface area contributed by atoms with Gasteiger partial charge in [-0.25, -0.2) is 0 Å². The molecule has 0 saturated carbocycles. The molecule has 5 heavy (non-hydrogen) atoms. The molecule has 3 heteroatoms. The summed E-state index contributed by atoms with van der Waals surface area (Å²) in [7, 11) is -1.09. The van der Waals surface area contributed by atoms with Gasteiger partial charge in [0.05, 0.1) is 0 Å². The second-order valence-corrected chi connectivity index (χ2v) is 1.29. The SMILES string of the molecule is CCO[PH3]O. The topological polar surface area (TPSA) is 29.5 Å². The molecule has 0 rings (SSSR count). The Hall–Kier alpha value is 0.350. The van der Waals surface area contributed by atoms with E-state index in [2.05, 4.69) is 4.52 Å². The van der Waals surface area contributed by atoms with E-state index in [1.165, 1.54) is 0 Å². The molecule has 0 amide bonds. The normalized spacial score (nSPS) is 9.20. The monoisotopic (exact) mass is 96.0 g/mol. The van der Waals surface area contributed by atoms with E-state index in [-0.39, 0.29) is 0 Å². The van der Waals surface area contributed by atoms with Gasteiger partial charge in [0.1, 0.15) is 0 Å². The van der Waals surface area contributed by atoms with Gasteiger partial charge in [0, 0.05) is 0 Å². The van der Waals surface area contributed by atoms with Gasteiger partial charge in [-0.1, -0.05) is 0 Å². The molecule has 1 N–H and O–H groups in total. The Kier molecular flexibility index (Phi) is 4.65. The van der Waals surface area contributed by atoms with E-state index in [4.69, 9.17) is 4.89 Å². The molecular weight excluding hydrogens is 87.0 g/mol. The van der Waals surface area contributed by atoms with Crippen molar-refractivity contribution in [3.05, 3.63) is 0 Å². The molecule has 0 aromatic carbocycles. The molecule has 0 aliphatic carbocycles. The molecule has 0 unspecified atom stereocenters. The second-order valence-electron chi connectivity index (χ2n) is 0.622. The van der Waals surface area contributed by atoms with Gasteiger partial charge in [-0.3, -0.25) is 0 Å². The summed E-state index contributed by atoms with van der Waals surface area (Å²) in [6.45, 7) is 2.52. The standard InChI is InChI=1S/C2H9O2P/c1-2-4-5-3/h3H,2H2,1,5H3. The van der Waals surface area contributed by atoms with Crippen LogP contribution in [0.2, 0.25) is 0 Å². The summed E-state index contributed by atoms with van der Waals surface area (Å²) < 4.78 is 4.53. The van der Waals surface area contributed by atoms with Crippen LogP contribution in [0.4, 0.5) is 0 Å². The summed E-state index contributed by atoms with van der Waals surface area (Å²) in [6, 6.07) is 0. The van der Waals surface area contributed by atoms with Crippen LogP contribution in [0.15, 0.2) is 0 Å². The first kappa shape index (κ1) is 5.35. The van der Waals surface area contributed by atoms with Crippen LogP contribution >= 0.6 is 9.03 Å². The minimum absolute atomic E-state index is 0.655. The maximum absolute atomic E-state index is 7.98. The van der Waals surface area contributed by atoms with Gasteiger partial charge in [0.2, 0.25) is 0 Å². The Morgan fingerprint density at radius 1 is 2.00 bits per heavy atom. The fraction of sp³-hybridized carbons (Fsp3) is 1.00. The molecule has 0 radical (unpaired) electrons. The summed E-state index contributed by atoms with van der Waals surface area (Å²) in [5.41, 5.74) is 0. The zero-order valence-electron chi connectivity index (χ0n) is 3.27. The Morgan fingerprint density at radius 2 is 2.60 bits per heavy atom. The van der Waals surface area contributed by atoms with Crippen LogP contribution in [-0.4, -0.2) is 11.5 Å². The molecule has 0 saturated heterocycles. The predicted molar refractivity (Wildman–Crippen MR) is 24.9 cm³/mol. The van der Waals surface area contributed by atoms with Crippen LogP contribution in [0.5, 0.6) is 0 Å². The number of hydrogen-bond acceptors (Lipinski definition) is 2. The Bertz CT molecular complexity index is 15.1. The summed E-state index contributed by atoms with van der Waals surface area (Å²) >= 11 is 0. The molecular formula is C2H9O2P. The van der Waals surface area contributed by atoms with E-state index >= 15 is 0 Å². The van der Waals surface area contributed by atoms with E-state index in [1.807, 2.05) is 6.92 Å². The van der Waals surface area contributed by atoms with Crippen molar-refractivity contribution in [1.82, 2.24) is 0 Å². The molecule has 0 aliphatic heterocycles.